The van der Waals surface area contributed by atoms with Gasteiger partial charge in [-0.05, 0) is 24.1 Å². The van der Waals surface area contributed by atoms with Crippen molar-refractivity contribution in [1.82, 2.24) is 4.98 Å². The molecule has 0 saturated heterocycles. The maximum Gasteiger partial charge on any atom is 0.323 e. The molecule has 1 N–H and O–H groups in total. The van der Waals surface area contributed by atoms with E-state index in [0.29, 0.717) is 5.82 Å². The molecule has 2 aromatic rings. The van der Waals surface area contributed by atoms with Crippen LogP contribution in [0.15, 0.2) is 30.3 Å². The Morgan fingerprint density at radius 2 is 2.11 bits per heavy atom. The van der Waals surface area contributed by atoms with Crippen molar-refractivity contribution in [3.63, 3.8) is 0 Å². The molecule has 2 rings (SSSR count). The third-order valence-electron chi connectivity index (χ3n) is 2.93. The minimum atomic E-state index is -0.856. The standard InChI is InChI=1S/C14H16N2O2/c1-3-10-8-13(16(2)9-14(17)18)15-12-7-5-4-6-11(10)12/h4-8H,3,9H2,1-2H3,(H,17,18). The average molecular weight is 244 g/mol. The van der Waals surface area contributed by atoms with Gasteiger partial charge in [0.25, 0.3) is 0 Å². The highest BCUT2D eigenvalue weighted by Gasteiger charge is 2.10. The van der Waals surface area contributed by atoms with Crippen molar-refractivity contribution in [2.45, 2.75) is 13.3 Å². The van der Waals surface area contributed by atoms with E-state index in [1.54, 1.807) is 11.9 Å². The number of benzene rings is 1. The van der Waals surface area contributed by atoms with Gasteiger partial charge >= 0.3 is 5.97 Å². The van der Waals surface area contributed by atoms with Crippen LogP contribution in [0.4, 0.5) is 5.82 Å². The minimum absolute atomic E-state index is 0.0471. The highest BCUT2D eigenvalue weighted by Crippen LogP contribution is 2.22. The van der Waals surface area contributed by atoms with Gasteiger partial charge in [-0.25, -0.2) is 4.98 Å². The number of aryl methyl sites for hydroxylation is 1. The Morgan fingerprint density at radius 1 is 1.39 bits per heavy atom. The van der Waals surface area contributed by atoms with Crippen LogP contribution in [0.2, 0.25) is 0 Å². The smallest absolute Gasteiger partial charge is 0.323 e. The third-order valence-corrected chi connectivity index (χ3v) is 2.93. The summed E-state index contributed by atoms with van der Waals surface area (Å²) in [6, 6.07) is 9.89. The van der Waals surface area contributed by atoms with E-state index >= 15 is 0 Å². The van der Waals surface area contributed by atoms with Gasteiger partial charge in [-0.15, -0.1) is 0 Å². The Balaban J connectivity index is 2.49. The highest BCUT2D eigenvalue weighted by molar-refractivity contribution is 5.84. The van der Waals surface area contributed by atoms with Gasteiger partial charge in [-0.3, -0.25) is 4.79 Å². The van der Waals surface area contributed by atoms with E-state index in [-0.39, 0.29) is 6.54 Å². The number of carboxylic acids is 1. The molecule has 1 aromatic heterocycles. The zero-order valence-electron chi connectivity index (χ0n) is 10.6. The summed E-state index contributed by atoms with van der Waals surface area (Å²) in [4.78, 5) is 16.9. The van der Waals surface area contributed by atoms with Crippen LogP contribution in [0.5, 0.6) is 0 Å². The normalized spacial score (nSPS) is 10.6. The van der Waals surface area contributed by atoms with Gasteiger partial charge in [0, 0.05) is 12.4 Å². The topological polar surface area (TPSA) is 53.4 Å². The van der Waals surface area contributed by atoms with Crippen molar-refractivity contribution in [1.29, 1.82) is 0 Å². The molecule has 4 heteroatoms. The molecule has 0 fully saturated rings. The lowest BCUT2D eigenvalue weighted by atomic mass is 10.1. The van der Waals surface area contributed by atoms with E-state index in [2.05, 4.69) is 11.9 Å². The average Bonchev–Trinajstić information content (AvgIpc) is 2.36. The molecule has 0 amide bonds. The maximum absolute atomic E-state index is 10.7. The molecule has 0 aliphatic carbocycles. The summed E-state index contributed by atoms with van der Waals surface area (Å²) in [7, 11) is 1.74. The number of nitrogens with zero attached hydrogens (tertiary/aromatic N) is 2. The summed E-state index contributed by atoms with van der Waals surface area (Å²) in [5.74, 6) is -0.154. The second kappa shape index (κ2) is 5.04. The Kier molecular flexibility index (Phi) is 3.46. The number of aliphatic carboxylic acids is 1. The summed E-state index contributed by atoms with van der Waals surface area (Å²) in [6.07, 6.45) is 0.900. The predicted octanol–water partition coefficient (Wildman–Crippen LogP) is 2.32. The molecule has 18 heavy (non-hydrogen) atoms. The van der Waals surface area contributed by atoms with Crippen molar-refractivity contribution in [2.75, 3.05) is 18.5 Å². The molecule has 0 aliphatic rings. The fourth-order valence-electron chi connectivity index (χ4n) is 2.00. The van der Waals surface area contributed by atoms with Crippen LogP contribution in [-0.4, -0.2) is 29.7 Å². The second-order valence-corrected chi connectivity index (χ2v) is 4.26. The van der Waals surface area contributed by atoms with Crippen LogP contribution < -0.4 is 4.90 Å². The lowest BCUT2D eigenvalue weighted by Crippen LogP contribution is -2.26. The first-order valence-corrected chi connectivity index (χ1v) is 5.93. The van der Waals surface area contributed by atoms with Gasteiger partial charge in [0.1, 0.15) is 12.4 Å². The van der Waals surface area contributed by atoms with Gasteiger partial charge in [0.05, 0.1) is 5.52 Å². The molecule has 1 heterocycles. The molecule has 0 unspecified atom stereocenters. The van der Waals surface area contributed by atoms with Crippen LogP contribution in [0.3, 0.4) is 0 Å². The van der Waals surface area contributed by atoms with Crippen molar-refractivity contribution in [3.8, 4) is 0 Å². The van der Waals surface area contributed by atoms with E-state index < -0.39 is 5.97 Å². The number of carbonyl (C=O) groups is 1. The van der Waals surface area contributed by atoms with E-state index in [4.69, 9.17) is 5.11 Å². The molecule has 0 saturated carbocycles. The summed E-state index contributed by atoms with van der Waals surface area (Å²) in [5.41, 5.74) is 2.09. The van der Waals surface area contributed by atoms with E-state index in [9.17, 15) is 4.79 Å². The van der Waals surface area contributed by atoms with Crippen LogP contribution in [0.25, 0.3) is 10.9 Å². The molecular formula is C14H16N2O2. The van der Waals surface area contributed by atoms with Gasteiger partial charge in [-0.1, -0.05) is 25.1 Å². The lowest BCUT2D eigenvalue weighted by molar-refractivity contribution is -0.135. The van der Waals surface area contributed by atoms with E-state index in [0.717, 1.165) is 17.3 Å². The molecule has 0 bridgehead atoms. The zero-order valence-corrected chi connectivity index (χ0v) is 10.6. The van der Waals surface area contributed by atoms with Crippen LogP contribution >= 0.6 is 0 Å². The number of hydrogen-bond acceptors (Lipinski definition) is 3. The van der Waals surface area contributed by atoms with Crippen molar-refractivity contribution >= 4 is 22.7 Å². The highest BCUT2D eigenvalue weighted by atomic mass is 16.4. The number of para-hydroxylation sites is 1. The number of pyridine rings is 1. The number of rotatable bonds is 4. The largest absolute Gasteiger partial charge is 0.480 e. The summed E-state index contributed by atoms with van der Waals surface area (Å²) >= 11 is 0. The van der Waals surface area contributed by atoms with Gasteiger partial charge in [0.2, 0.25) is 0 Å². The van der Waals surface area contributed by atoms with Gasteiger partial charge in [-0.2, -0.15) is 0 Å². The fraction of sp³-hybridized carbons (Fsp3) is 0.286. The SMILES string of the molecule is CCc1cc(N(C)CC(=O)O)nc2ccccc12. The van der Waals surface area contributed by atoms with Crippen LogP contribution in [0.1, 0.15) is 12.5 Å². The number of anilines is 1. The van der Waals surface area contributed by atoms with Crippen LogP contribution in [0, 0.1) is 0 Å². The number of aromatic nitrogens is 1. The summed E-state index contributed by atoms with van der Waals surface area (Å²) in [5, 5.41) is 9.95. The van der Waals surface area contributed by atoms with Gasteiger partial charge in [0.15, 0.2) is 0 Å². The Hall–Kier alpha value is -2.10. The first kappa shape index (κ1) is 12.4. The summed E-state index contributed by atoms with van der Waals surface area (Å²) < 4.78 is 0. The number of fused-ring (bicyclic) bond motifs is 1. The molecule has 0 spiro atoms. The van der Waals surface area contributed by atoms with Crippen molar-refractivity contribution < 1.29 is 9.90 Å². The Bertz CT molecular complexity index is 581. The van der Waals surface area contributed by atoms with Gasteiger partial charge < -0.3 is 10.0 Å². The molecule has 0 aliphatic heterocycles. The van der Waals surface area contributed by atoms with E-state index in [1.165, 1.54) is 5.56 Å². The zero-order chi connectivity index (χ0) is 13.1. The quantitative estimate of drug-likeness (QED) is 0.896. The minimum Gasteiger partial charge on any atom is -0.480 e. The van der Waals surface area contributed by atoms with E-state index in [1.807, 2.05) is 30.3 Å². The monoisotopic (exact) mass is 244 g/mol. The van der Waals surface area contributed by atoms with Crippen molar-refractivity contribution in [2.24, 2.45) is 0 Å². The lowest BCUT2D eigenvalue weighted by Gasteiger charge is -2.17. The second-order valence-electron chi connectivity index (χ2n) is 4.26. The molecule has 1 aromatic carbocycles. The first-order chi connectivity index (χ1) is 8.61. The molecule has 0 radical (unpaired) electrons. The summed E-state index contributed by atoms with van der Waals surface area (Å²) in [6.45, 7) is 2.04. The fourth-order valence-corrected chi connectivity index (χ4v) is 2.00. The molecule has 0 atom stereocenters. The first-order valence-electron chi connectivity index (χ1n) is 5.93. The molecule has 94 valence electrons. The number of carboxylic acid groups (broad SMARTS) is 1. The third kappa shape index (κ3) is 2.42. The Labute approximate surface area is 106 Å². The Morgan fingerprint density at radius 3 is 2.78 bits per heavy atom. The maximum atomic E-state index is 10.7. The van der Waals surface area contributed by atoms with Crippen LogP contribution in [-0.2, 0) is 11.2 Å². The number of hydrogen-bond donors (Lipinski definition) is 1. The van der Waals surface area contributed by atoms with Crippen molar-refractivity contribution in [3.05, 3.63) is 35.9 Å². The molecule has 4 nitrogen and oxygen atoms in total. The molecular weight excluding hydrogens is 228 g/mol. The predicted molar refractivity (Wildman–Crippen MR) is 72.0 cm³/mol. The number of likely N-dealkylation sites (N-methyl/N-ethyl adjacent to an activating group) is 1.